The standard InChI is InChI=1S/C49H76O34Se/c1-13-2-4-14(5-3-13)84-12-21-42-28(62)35(69)49(76-21)82-41-20(11-55)74-47(33(67)26(41)60)80-39-18(9-53)72-45(31(65)24(39)58)78-37-16(7-51)70-43(29(63)22(37)56)77-36-15(6-50)71-44(30(64)23(36)57)79-38-17(8-52)73-46(32(66)25(38)59)81-40-19(10-54)75-48(83-42)34(68)27(40)61/h2-5,15-69H,6-12H2,1H3/t15-,16-,17-,18-,19-,20-,21-,22-,23-,24-,25-,26-,27-,28-,29-,30-,31-,32-,33-,34-,35-,36-,37-,38-,39-,40-,41-,42-,43-,44-,45-,46-,47-,48-,49-/m1/s1. The first-order valence-electron chi connectivity index (χ1n) is 27.1. The number of rotatable bonds is 9. The van der Waals surface area contributed by atoms with Gasteiger partial charge in [-0.3, -0.25) is 0 Å². The van der Waals surface area contributed by atoms with Crippen molar-refractivity contribution in [3.8, 4) is 0 Å². The average Bonchev–Trinajstić information content (AvgIpc) is 3.53. The number of ether oxygens (including phenoxy) is 14. The van der Waals surface area contributed by atoms with Crippen molar-refractivity contribution in [2.24, 2.45) is 0 Å². The summed E-state index contributed by atoms with van der Waals surface area (Å²) in [5.74, 6) is 0. The second-order valence-corrected chi connectivity index (χ2v) is 23.9. The molecule has 0 aromatic heterocycles. The van der Waals surface area contributed by atoms with Gasteiger partial charge in [0, 0.05) is 0 Å². The van der Waals surface area contributed by atoms with Crippen LogP contribution in [0, 0.1) is 6.92 Å². The van der Waals surface area contributed by atoms with Gasteiger partial charge in [-0.2, -0.15) is 0 Å². The van der Waals surface area contributed by atoms with E-state index in [-0.39, 0.29) is 5.32 Å². The summed E-state index contributed by atoms with van der Waals surface area (Å²) in [5, 5.41) is 224. The fourth-order valence-corrected chi connectivity index (χ4v) is 13.2. The zero-order valence-electron chi connectivity index (χ0n) is 44.5. The molecule has 14 bridgehead atoms. The second-order valence-electron chi connectivity index (χ2n) is 21.6. The van der Waals surface area contributed by atoms with E-state index in [0.717, 1.165) is 10.0 Å². The van der Waals surface area contributed by atoms with Crippen molar-refractivity contribution < 1.29 is 168 Å². The van der Waals surface area contributed by atoms with E-state index in [1.54, 1.807) is 0 Å². The van der Waals surface area contributed by atoms with Gasteiger partial charge in [0.1, 0.15) is 61.0 Å². The van der Waals surface area contributed by atoms with Crippen molar-refractivity contribution in [1.82, 2.24) is 0 Å². The zero-order chi connectivity index (χ0) is 60.7. The molecule has 21 aliphatic heterocycles. The Labute approximate surface area is 483 Å². The summed E-state index contributed by atoms with van der Waals surface area (Å²) in [6.07, 6.45) is -68.7. The van der Waals surface area contributed by atoms with Crippen molar-refractivity contribution in [2.75, 3.05) is 39.6 Å². The molecule has 0 spiro atoms. The molecular formula is C49H76O34Se. The van der Waals surface area contributed by atoms with E-state index < -0.39 is 270 Å². The summed E-state index contributed by atoms with van der Waals surface area (Å²) >= 11 is -0.522. The molecule has 22 rings (SSSR count). The van der Waals surface area contributed by atoms with E-state index in [9.17, 15) is 102 Å². The molecule has 21 saturated heterocycles. The van der Waals surface area contributed by atoms with E-state index in [4.69, 9.17) is 66.3 Å². The Morgan fingerprint density at radius 2 is 0.440 bits per heavy atom. The van der Waals surface area contributed by atoms with Gasteiger partial charge in [-0.1, -0.05) is 0 Å². The molecule has 21 aliphatic rings. The summed E-state index contributed by atoms with van der Waals surface area (Å²) in [7, 11) is 0. The van der Waals surface area contributed by atoms with Crippen LogP contribution in [0.3, 0.4) is 0 Å². The van der Waals surface area contributed by atoms with Crippen LogP contribution in [0.4, 0.5) is 0 Å². The molecule has 35 heteroatoms. The number of aryl methyl sites for hydroxylation is 1. The molecule has 21 fully saturated rings. The monoisotopic (exact) mass is 1290 g/mol. The molecule has 1 aromatic carbocycles. The Morgan fingerprint density at radius 3 is 0.631 bits per heavy atom. The van der Waals surface area contributed by atoms with Gasteiger partial charge in [0.25, 0.3) is 0 Å². The predicted molar refractivity (Wildman–Crippen MR) is 263 cm³/mol. The van der Waals surface area contributed by atoms with Gasteiger partial charge in [0.05, 0.1) is 26.4 Å². The fourth-order valence-electron chi connectivity index (χ4n) is 11.2. The van der Waals surface area contributed by atoms with Crippen LogP contribution in [-0.2, 0) is 66.3 Å². The molecule has 84 heavy (non-hydrogen) atoms. The van der Waals surface area contributed by atoms with Gasteiger partial charge in [-0.25, -0.2) is 0 Å². The van der Waals surface area contributed by atoms with Crippen LogP contribution in [0.15, 0.2) is 24.3 Å². The zero-order valence-corrected chi connectivity index (χ0v) is 46.2. The molecule has 20 N–H and O–H groups in total. The summed E-state index contributed by atoms with van der Waals surface area (Å²) < 4.78 is 82.4. The van der Waals surface area contributed by atoms with E-state index >= 15 is 0 Å². The van der Waals surface area contributed by atoms with E-state index in [1.807, 2.05) is 31.2 Å². The summed E-state index contributed by atoms with van der Waals surface area (Å²) in [6, 6.07) is 7.32. The Balaban J connectivity index is 1.02. The van der Waals surface area contributed by atoms with Crippen LogP contribution in [0.5, 0.6) is 0 Å². The third-order valence-electron chi connectivity index (χ3n) is 16.0. The van der Waals surface area contributed by atoms with E-state index in [0.29, 0.717) is 0 Å². The third-order valence-corrected chi connectivity index (χ3v) is 18.3. The van der Waals surface area contributed by atoms with Crippen LogP contribution in [-0.4, -0.2) is 372 Å². The Kier molecular flexibility index (Phi) is 22.8. The topological polar surface area (TPSA) is 534 Å². The Morgan fingerprint density at radius 1 is 0.262 bits per heavy atom. The molecular weight excluding hydrogens is 1210 g/mol. The molecule has 21 heterocycles. The minimum atomic E-state index is -2.20. The molecule has 0 aliphatic carbocycles. The van der Waals surface area contributed by atoms with E-state index in [2.05, 4.69) is 0 Å². The number of hydrogen-bond acceptors (Lipinski definition) is 34. The van der Waals surface area contributed by atoms with Crippen LogP contribution in [0.2, 0.25) is 5.32 Å². The van der Waals surface area contributed by atoms with E-state index in [1.165, 1.54) is 0 Å². The maximum atomic E-state index is 11.8. The number of aliphatic hydroxyl groups excluding tert-OH is 20. The Hall–Kier alpha value is -1.62. The van der Waals surface area contributed by atoms with Gasteiger partial charge in [-0.15, -0.1) is 0 Å². The number of benzene rings is 1. The molecule has 0 amide bonds. The second kappa shape index (κ2) is 28.7. The Bertz CT molecular complexity index is 2180. The van der Waals surface area contributed by atoms with Crippen molar-refractivity contribution in [2.45, 2.75) is 227 Å². The summed E-state index contributed by atoms with van der Waals surface area (Å²) in [5.41, 5.74) is 0.935. The molecule has 0 unspecified atom stereocenters. The van der Waals surface area contributed by atoms with Crippen molar-refractivity contribution in [1.29, 1.82) is 0 Å². The molecule has 0 radical (unpaired) electrons. The first-order valence-corrected chi connectivity index (χ1v) is 29.2. The maximum absolute atomic E-state index is 11.8. The summed E-state index contributed by atoms with van der Waals surface area (Å²) in [4.78, 5) is 0. The third kappa shape index (κ3) is 13.5. The number of hydrogen-bond donors (Lipinski definition) is 20. The van der Waals surface area contributed by atoms with Crippen molar-refractivity contribution >= 4 is 19.4 Å². The van der Waals surface area contributed by atoms with Crippen LogP contribution >= 0.6 is 0 Å². The summed E-state index contributed by atoms with van der Waals surface area (Å²) in [6.45, 7) is -4.30. The average molecular weight is 1290 g/mol. The first kappa shape index (κ1) is 66.8. The van der Waals surface area contributed by atoms with Gasteiger partial charge in [0.2, 0.25) is 0 Å². The normalized spacial score (nSPS) is 51.7. The SMILES string of the molecule is Cc1ccc([Se]C[C@H]2O[C@@H]3O[C@H]4[C@H](O)[C@@H](O)[C@@H](O[C@H]5[C@H](O)[C@@H](O)[C@@H](O[C@H]6[C@H](O)[C@@H](O)[C@@H](O[C@H]7[C@H](O)[C@@H](O)[C@@H](O[C@H]8[C@H](O)[C@@H](O)[C@@H](O[C@H]9[C@H](O)[C@@H](O)[C@@H](O[C@H]2[C@H](O)[C@H]3O)O[C@@H]9CO)O[C@@H]8CO)O[C@@H]7CO)O[C@@H]6CO)O[C@@H]5CO)O[C@@H]4CO)cc1. The molecule has 34 nitrogen and oxygen atoms in total. The van der Waals surface area contributed by atoms with Crippen LogP contribution in [0.1, 0.15) is 5.56 Å². The van der Waals surface area contributed by atoms with Crippen LogP contribution in [0.25, 0.3) is 0 Å². The van der Waals surface area contributed by atoms with Gasteiger partial charge >= 0.3 is 294 Å². The molecule has 482 valence electrons. The van der Waals surface area contributed by atoms with Gasteiger partial charge in [-0.05, 0) is 0 Å². The quantitative estimate of drug-likeness (QED) is 0.102. The molecule has 1 aromatic rings. The molecule has 0 saturated carbocycles. The van der Waals surface area contributed by atoms with Gasteiger partial charge in [0.15, 0.2) is 18.9 Å². The molecule has 35 atom stereocenters. The van der Waals surface area contributed by atoms with Gasteiger partial charge < -0.3 is 84.6 Å². The minimum absolute atomic E-state index is 0.00489. The number of aliphatic hydroxyl groups is 20. The predicted octanol–water partition coefficient (Wildman–Crippen LogP) is -13.5. The van der Waals surface area contributed by atoms with Crippen LogP contribution < -0.4 is 4.46 Å². The fraction of sp³-hybridized carbons (Fsp3) is 0.878. The van der Waals surface area contributed by atoms with Crippen molar-refractivity contribution in [3.63, 3.8) is 0 Å². The first-order chi connectivity index (χ1) is 40.1. The van der Waals surface area contributed by atoms with Crippen molar-refractivity contribution in [3.05, 3.63) is 29.8 Å².